The van der Waals surface area contributed by atoms with Crippen molar-refractivity contribution in [1.29, 1.82) is 0 Å². The summed E-state index contributed by atoms with van der Waals surface area (Å²) in [6.07, 6.45) is 1.52. The number of piperazine rings is 1. The van der Waals surface area contributed by atoms with Gasteiger partial charge < -0.3 is 14.2 Å². The molecule has 0 aliphatic carbocycles. The molecular formula is C24H23ClN4O2S. The lowest BCUT2D eigenvalue weighted by Gasteiger charge is -2.35. The van der Waals surface area contributed by atoms with Crippen molar-refractivity contribution in [2.75, 3.05) is 31.1 Å². The summed E-state index contributed by atoms with van der Waals surface area (Å²) in [4.78, 5) is 27.9. The topological polar surface area (TPSA) is 62.5 Å². The third-order valence-electron chi connectivity index (χ3n) is 6.08. The van der Waals surface area contributed by atoms with E-state index in [0.29, 0.717) is 31.9 Å². The maximum absolute atomic E-state index is 12.6. The van der Waals surface area contributed by atoms with Crippen molar-refractivity contribution in [1.82, 2.24) is 14.9 Å². The molecule has 1 aromatic carbocycles. The second-order valence-corrected chi connectivity index (χ2v) is 9.63. The van der Waals surface area contributed by atoms with Crippen molar-refractivity contribution in [3.05, 3.63) is 63.6 Å². The molecule has 0 spiro atoms. The number of halogens is 1. The van der Waals surface area contributed by atoms with Crippen molar-refractivity contribution >= 4 is 44.9 Å². The summed E-state index contributed by atoms with van der Waals surface area (Å²) in [5.74, 6) is 1.13. The number of rotatable bonds is 3. The van der Waals surface area contributed by atoms with Crippen molar-refractivity contribution in [3.8, 4) is 11.1 Å². The maximum atomic E-state index is 12.6. The van der Waals surface area contributed by atoms with Crippen LogP contribution in [0.5, 0.6) is 0 Å². The number of furan rings is 1. The number of aromatic nitrogens is 2. The molecule has 0 unspecified atom stereocenters. The van der Waals surface area contributed by atoms with Crippen LogP contribution >= 0.6 is 22.9 Å². The molecular weight excluding hydrogens is 444 g/mol. The molecule has 8 heteroatoms. The van der Waals surface area contributed by atoms with E-state index in [1.165, 1.54) is 22.3 Å². The average molecular weight is 467 g/mol. The lowest BCUT2D eigenvalue weighted by atomic mass is 9.99. The van der Waals surface area contributed by atoms with E-state index < -0.39 is 0 Å². The zero-order valence-electron chi connectivity index (χ0n) is 18.2. The summed E-state index contributed by atoms with van der Waals surface area (Å²) in [6.45, 7) is 8.87. The summed E-state index contributed by atoms with van der Waals surface area (Å²) < 4.78 is 5.28. The SMILES string of the molecule is Cc1ccc(-c2c(C)sc3nc(Cl)nc(N4CCN(C(=O)c5ccco5)CC4)c23)cc1C. The van der Waals surface area contributed by atoms with Crippen LogP contribution in [-0.4, -0.2) is 47.0 Å². The van der Waals surface area contributed by atoms with E-state index in [-0.39, 0.29) is 11.2 Å². The van der Waals surface area contributed by atoms with Crippen molar-refractivity contribution in [2.24, 2.45) is 0 Å². The standard InChI is InChI=1S/C24H23ClN4O2S/c1-14-6-7-17(13-15(14)2)19-16(3)32-22-20(19)21(26-24(25)27-22)28-8-10-29(11-9-28)23(30)18-5-4-12-31-18/h4-7,12-13H,8-11H2,1-3H3. The van der Waals surface area contributed by atoms with Gasteiger partial charge in [0, 0.05) is 36.6 Å². The Kier molecular flexibility index (Phi) is 5.39. The number of carbonyl (C=O) groups is 1. The summed E-state index contributed by atoms with van der Waals surface area (Å²) in [5, 5.41) is 1.28. The molecule has 1 fully saturated rings. The van der Waals surface area contributed by atoms with Crippen LogP contribution in [0.4, 0.5) is 5.82 Å². The summed E-state index contributed by atoms with van der Waals surface area (Å²) in [5.41, 5.74) is 4.84. The Bertz CT molecular complexity index is 1310. The van der Waals surface area contributed by atoms with Gasteiger partial charge >= 0.3 is 0 Å². The molecule has 5 rings (SSSR count). The first kappa shape index (κ1) is 21.0. The van der Waals surface area contributed by atoms with Gasteiger partial charge in [-0.05, 0) is 61.2 Å². The van der Waals surface area contributed by atoms with Gasteiger partial charge in [0.1, 0.15) is 10.6 Å². The minimum Gasteiger partial charge on any atom is -0.459 e. The minimum absolute atomic E-state index is 0.0808. The molecule has 0 atom stereocenters. The Balaban J connectivity index is 1.52. The van der Waals surface area contributed by atoms with Crippen LogP contribution in [0.3, 0.4) is 0 Å². The van der Waals surface area contributed by atoms with Gasteiger partial charge in [0.15, 0.2) is 5.76 Å². The second-order valence-electron chi connectivity index (χ2n) is 8.09. The largest absolute Gasteiger partial charge is 0.459 e. The molecule has 4 heterocycles. The van der Waals surface area contributed by atoms with Crippen molar-refractivity contribution in [2.45, 2.75) is 20.8 Å². The number of benzene rings is 1. The van der Waals surface area contributed by atoms with Crippen LogP contribution in [0.15, 0.2) is 41.0 Å². The number of hydrogen-bond acceptors (Lipinski definition) is 6. The highest BCUT2D eigenvalue weighted by atomic mass is 35.5. The molecule has 6 nitrogen and oxygen atoms in total. The Labute approximate surface area is 195 Å². The first-order valence-corrected chi connectivity index (χ1v) is 11.7. The van der Waals surface area contributed by atoms with E-state index in [0.717, 1.165) is 27.2 Å². The number of thiophene rings is 1. The Morgan fingerprint density at radius 2 is 1.84 bits per heavy atom. The third-order valence-corrected chi connectivity index (χ3v) is 7.24. The number of fused-ring (bicyclic) bond motifs is 1. The second kappa shape index (κ2) is 8.22. The monoisotopic (exact) mass is 466 g/mol. The van der Waals surface area contributed by atoms with Gasteiger partial charge in [-0.3, -0.25) is 4.79 Å². The average Bonchev–Trinajstić information content (AvgIpc) is 3.42. The van der Waals surface area contributed by atoms with Gasteiger partial charge in [-0.2, -0.15) is 4.98 Å². The van der Waals surface area contributed by atoms with Gasteiger partial charge in [-0.15, -0.1) is 11.3 Å². The van der Waals surface area contributed by atoms with Crippen LogP contribution in [0.2, 0.25) is 5.28 Å². The Hall–Kier alpha value is -2.90. The molecule has 0 bridgehead atoms. The fraction of sp³-hybridized carbons (Fsp3) is 0.292. The number of aryl methyl sites for hydroxylation is 3. The van der Waals surface area contributed by atoms with E-state index in [2.05, 4.69) is 53.8 Å². The van der Waals surface area contributed by atoms with Gasteiger partial charge in [-0.1, -0.05) is 18.2 Å². The minimum atomic E-state index is -0.0808. The fourth-order valence-corrected chi connectivity index (χ4v) is 5.47. The predicted molar refractivity (Wildman–Crippen MR) is 129 cm³/mol. The lowest BCUT2D eigenvalue weighted by Crippen LogP contribution is -2.49. The number of hydrogen-bond donors (Lipinski definition) is 0. The highest BCUT2D eigenvalue weighted by molar-refractivity contribution is 7.19. The van der Waals surface area contributed by atoms with Crippen LogP contribution < -0.4 is 4.90 Å². The van der Waals surface area contributed by atoms with E-state index in [9.17, 15) is 4.79 Å². The summed E-state index contributed by atoms with van der Waals surface area (Å²) in [6, 6.07) is 9.98. The van der Waals surface area contributed by atoms with Gasteiger partial charge in [0.2, 0.25) is 5.28 Å². The number of nitrogens with zero attached hydrogens (tertiary/aromatic N) is 4. The normalized spacial score (nSPS) is 14.4. The molecule has 164 valence electrons. The third kappa shape index (κ3) is 3.65. The molecule has 0 N–H and O–H groups in total. The van der Waals surface area contributed by atoms with E-state index in [1.807, 2.05) is 4.90 Å². The van der Waals surface area contributed by atoms with E-state index >= 15 is 0 Å². The predicted octanol–water partition coefficient (Wildman–Crippen LogP) is 5.49. The Morgan fingerprint density at radius 1 is 1.06 bits per heavy atom. The molecule has 1 saturated heterocycles. The molecule has 1 aliphatic rings. The van der Waals surface area contributed by atoms with Gasteiger partial charge in [0.25, 0.3) is 5.91 Å². The number of amides is 1. The molecule has 3 aromatic heterocycles. The number of carbonyl (C=O) groups excluding carboxylic acids is 1. The van der Waals surface area contributed by atoms with Crippen LogP contribution in [-0.2, 0) is 0 Å². The molecule has 1 aliphatic heterocycles. The van der Waals surface area contributed by atoms with Gasteiger partial charge in [-0.25, -0.2) is 4.98 Å². The van der Waals surface area contributed by atoms with Crippen LogP contribution in [0.25, 0.3) is 21.3 Å². The zero-order valence-corrected chi connectivity index (χ0v) is 19.8. The number of anilines is 1. The smallest absolute Gasteiger partial charge is 0.289 e. The van der Waals surface area contributed by atoms with Crippen LogP contribution in [0, 0.1) is 20.8 Å². The first-order valence-electron chi connectivity index (χ1n) is 10.5. The van der Waals surface area contributed by atoms with Crippen molar-refractivity contribution < 1.29 is 9.21 Å². The molecule has 32 heavy (non-hydrogen) atoms. The lowest BCUT2D eigenvalue weighted by molar-refractivity contribution is 0.0714. The summed E-state index contributed by atoms with van der Waals surface area (Å²) >= 11 is 7.96. The molecule has 0 saturated carbocycles. The highest BCUT2D eigenvalue weighted by Crippen LogP contribution is 2.42. The molecule has 1 amide bonds. The van der Waals surface area contributed by atoms with E-state index in [1.54, 1.807) is 23.5 Å². The molecule has 4 aromatic rings. The molecule has 0 radical (unpaired) electrons. The van der Waals surface area contributed by atoms with E-state index in [4.69, 9.17) is 16.0 Å². The quantitative estimate of drug-likeness (QED) is 0.373. The fourth-order valence-electron chi connectivity index (χ4n) is 4.22. The maximum Gasteiger partial charge on any atom is 0.289 e. The summed E-state index contributed by atoms with van der Waals surface area (Å²) in [7, 11) is 0. The van der Waals surface area contributed by atoms with Crippen LogP contribution in [0.1, 0.15) is 26.6 Å². The first-order chi connectivity index (χ1) is 15.4. The highest BCUT2D eigenvalue weighted by Gasteiger charge is 2.27. The van der Waals surface area contributed by atoms with Crippen molar-refractivity contribution in [3.63, 3.8) is 0 Å². The zero-order chi connectivity index (χ0) is 22.4. The van der Waals surface area contributed by atoms with Gasteiger partial charge in [0.05, 0.1) is 11.6 Å². The Morgan fingerprint density at radius 3 is 2.53 bits per heavy atom.